The molecule has 0 radical (unpaired) electrons. The standard InChI is InChI=1S/C16H26N2O2/c1-5-6-10-17-16(19)13(3)18-12(2)14-8-7-9-15(11-14)20-4/h7-9,11-13,18H,5-6,10H2,1-4H3,(H,17,19)/t12-,13?/m0/s1. The lowest BCUT2D eigenvalue weighted by Gasteiger charge is -2.20. The Morgan fingerprint density at radius 3 is 2.75 bits per heavy atom. The summed E-state index contributed by atoms with van der Waals surface area (Å²) in [7, 11) is 1.65. The second-order valence-electron chi connectivity index (χ2n) is 5.03. The molecule has 20 heavy (non-hydrogen) atoms. The number of hydrogen-bond acceptors (Lipinski definition) is 3. The van der Waals surface area contributed by atoms with E-state index in [1.54, 1.807) is 7.11 Å². The van der Waals surface area contributed by atoms with Crippen LogP contribution >= 0.6 is 0 Å². The fraction of sp³-hybridized carbons (Fsp3) is 0.562. The van der Waals surface area contributed by atoms with Crippen molar-refractivity contribution in [2.45, 2.75) is 45.7 Å². The molecule has 0 aromatic heterocycles. The highest BCUT2D eigenvalue weighted by Gasteiger charge is 2.15. The summed E-state index contributed by atoms with van der Waals surface area (Å²) in [4.78, 5) is 11.9. The molecule has 1 rings (SSSR count). The fourth-order valence-corrected chi connectivity index (χ4v) is 2.00. The van der Waals surface area contributed by atoms with Gasteiger partial charge in [0.05, 0.1) is 13.2 Å². The number of hydrogen-bond donors (Lipinski definition) is 2. The van der Waals surface area contributed by atoms with Crippen LogP contribution in [0.15, 0.2) is 24.3 Å². The highest BCUT2D eigenvalue weighted by molar-refractivity contribution is 5.81. The van der Waals surface area contributed by atoms with Crippen molar-refractivity contribution in [3.8, 4) is 5.75 Å². The Kier molecular flexibility index (Phi) is 7.09. The molecule has 0 bridgehead atoms. The first kappa shape index (κ1) is 16.5. The summed E-state index contributed by atoms with van der Waals surface area (Å²) in [6, 6.07) is 7.77. The van der Waals surface area contributed by atoms with Crippen LogP contribution in [0.1, 0.15) is 45.2 Å². The normalized spacial score (nSPS) is 13.6. The zero-order valence-electron chi connectivity index (χ0n) is 12.9. The number of nitrogens with one attached hydrogen (secondary N) is 2. The molecule has 0 heterocycles. The number of benzene rings is 1. The van der Waals surface area contributed by atoms with Crippen LogP contribution in [0, 0.1) is 0 Å². The van der Waals surface area contributed by atoms with Crippen molar-refractivity contribution >= 4 is 5.91 Å². The molecule has 1 aromatic rings. The monoisotopic (exact) mass is 278 g/mol. The molecule has 2 atom stereocenters. The lowest BCUT2D eigenvalue weighted by Crippen LogP contribution is -2.43. The van der Waals surface area contributed by atoms with Gasteiger partial charge < -0.3 is 10.1 Å². The SMILES string of the molecule is CCCCNC(=O)C(C)N[C@@H](C)c1cccc(OC)c1. The topological polar surface area (TPSA) is 50.4 Å². The van der Waals surface area contributed by atoms with Crippen LogP contribution in [0.25, 0.3) is 0 Å². The first-order valence-corrected chi connectivity index (χ1v) is 7.26. The number of carbonyl (C=O) groups is 1. The van der Waals surface area contributed by atoms with Crippen LogP contribution in [0.4, 0.5) is 0 Å². The Bertz CT molecular complexity index is 421. The quantitative estimate of drug-likeness (QED) is 0.719. The van der Waals surface area contributed by atoms with E-state index in [0.29, 0.717) is 0 Å². The Morgan fingerprint density at radius 2 is 2.10 bits per heavy atom. The lowest BCUT2D eigenvalue weighted by atomic mass is 10.1. The smallest absolute Gasteiger partial charge is 0.236 e. The number of carbonyl (C=O) groups excluding carboxylic acids is 1. The highest BCUT2D eigenvalue weighted by atomic mass is 16.5. The molecule has 0 aliphatic rings. The van der Waals surface area contributed by atoms with E-state index < -0.39 is 0 Å². The largest absolute Gasteiger partial charge is 0.497 e. The van der Waals surface area contributed by atoms with Crippen LogP contribution in [0.5, 0.6) is 5.75 Å². The Morgan fingerprint density at radius 1 is 1.35 bits per heavy atom. The van der Waals surface area contributed by atoms with E-state index >= 15 is 0 Å². The maximum atomic E-state index is 11.9. The van der Waals surface area contributed by atoms with Crippen LogP contribution in [0.2, 0.25) is 0 Å². The molecule has 1 amide bonds. The number of ether oxygens (including phenoxy) is 1. The van der Waals surface area contributed by atoms with Gasteiger partial charge in [-0.15, -0.1) is 0 Å². The molecule has 4 nitrogen and oxygen atoms in total. The molecular weight excluding hydrogens is 252 g/mol. The van der Waals surface area contributed by atoms with Gasteiger partial charge in [-0.05, 0) is 38.0 Å². The molecule has 1 unspecified atom stereocenters. The summed E-state index contributed by atoms with van der Waals surface area (Å²) in [6.07, 6.45) is 2.10. The van der Waals surface area contributed by atoms with Crippen molar-refractivity contribution in [2.24, 2.45) is 0 Å². The van der Waals surface area contributed by atoms with Crippen molar-refractivity contribution < 1.29 is 9.53 Å². The second kappa shape index (κ2) is 8.59. The van der Waals surface area contributed by atoms with Crippen LogP contribution in [-0.2, 0) is 4.79 Å². The minimum atomic E-state index is -0.215. The minimum Gasteiger partial charge on any atom is -0.497 e. The lowest BCUT2D eigenvalue weighted by molar-refractivity contribution is -0.122. The molecule has 4 heteroatoms. The third kappa shape index (κ3) is 5.21. The summed E-state index contributed by atoms with van der Waals surface area (Å²) < 4.78 is 5.22. The van der Waals surface area contributed by atoms with Gasteiger partial charge in [0, 0.05) is 12.6 Å². The first-order chi connectivity index (χ1) is 9.58. The molecule has 2 N–H and O–H groups in total. The Hall–Kier alpha value is -1.55. The van der Waals surface area contributed by atoms with Gasteiger partial charge >= 0.3 is 0 Å². The van der Waals surface area contributed by atoms with Gasteiger partial charge in [0.15, 0.2) is 0 Å². The van der Waals surface area contributed by atoms with Gasteiger partial charge in [0.1, 0.15) is 5.75 Å². The van der Waals surface area contributed by atoms with Crippen molar-refractivity contribution in [3.63, 3.8) is 0 Å². The third-order valence-corrected chi connectivity index (χ3v) is 3.32. The van der Waals surface area contributed by atoms with Gasteiger partial charge in [-0.2, -0.15) is 0 Å². The second-order valence-corrected chi connectivity index (χ2v) is 5.03. The summed E-state index contributed by atoms with van der Waals surface area (Å²) >= 11 is 0. The van der Waals surface area contributed by atoms with E-state index in [1.165, 1.54) is 0 Å². The molecule has 0 saturated carbocycles. The third-order valence-electron chi connectivity index (χ3n) is 3.32. The number of rotatable bonds is 8. The van der Waals surface area contributed by atoms with Crippen molar-refractivity contribution in [3.05, 3.63) is 29.8 Å². The maximum absolute atomic E-state index is 11.9. The van der Waals surface area contributed by atoms with Crippen LogP contribution in [-0.4, -0.2) is 25.6 Å². The summed E-state index contributed by atoms with van der Waals surface area (Å²) in [6.45, 7) is 6.79. The van der Waals surface area contributed by atoms with Gasteiger partial charge in [-0.3, -0.25) is 10.1 Å². The van der Waals surface area contributed by atoms with E-state index in [0.717, 1.165) is 30.7 Å². The molecule has 0 spiro atoms. The van der Waals surface area contributed by atoms with E-state index in [4.69, 9.17) is 4.74 Å². The van der Waals surface area contributed by atoms with Gasteiger partial charge in [-0.25, -0.2) is 0 Å². The molecule has 0 aliphatic carbocycles. The molecule has 0 fully saturated rings. The van der Waals surface area contributed by atoms with E-state index in [2.05, 4.69) is 17.6 Å². The van der Waals surface area contributed by atoms with E-state index in [9.17, 15) is 4.79 Å². The predicted octanol–water partition coefficient (Wildman–Crippen LogP) is 2.65. The number of methoxy groups -OCH3 is 1. The van der Waals surface area contributed by atoms with Gasteiger partial charge in [0.25, 0.3) is 0 Å². The summed E-state index contributed by atoms with van der Waals surface area (Å²) in [5.41, 5.74) is 1.11. The van der Waals surface area contributed by atoms with Crippen LogP contribution in [0.3, 0.4) is 0 Å². The zero-order chi connectivity index (χ0) is 15.0. The maximum Gasteiger partial charge on any atom is 0.236 e. The Labute approximate surface area is 121 Å². The molecular formula is C16H26N2O2. The fourth-order valence-electron chi connectivity index (χ4n) is 2.00. The van der Waals surface area contributed by atoms with Crippen molar-refractivity contribution in [1.82, 2.24) is 10.6 Å². The number of amides is 1. The average molecular weight is 278 g/mol. The van der Waals surface area contributed by atoms with Crippen molar-refractivity contribution in [2.75, 3.05) is 13.7 Å². The zero-order valence-corrected chi connectivity index (χ0v) is 12.9. The van der Waals surface area contributed by atoms with Gasteiger partial charge in [-0.1, -0.05) is 25.5 Å². The predicted molar refractivity (Wildman–Crippen MR) is 81.9 cm³/mol. The molecule has 0 saturated heterocycles. The Balaban J connectivity index is 2.51. The van der Waals surface area contributed by atoms with E-state index in [1.807, 2.05) is 38.1 Å². The summed E-state index contributed by atoms with van der Waals surface area (Å²) in [5.74, 6) is 0.879. The summed E-state index contributed by atoms with van der Waals surface area (Å²) in [5, 5.41) is 6.24. The van der Waals surface area contributed by atoms with Crippen LogP contribution < -0.4 is 15.4 Å². The van der Waals surface area contributed by atoms with Gasteiger partial charge in [0.2, 0.25) is 5.91 Å². The molecule has 1 aromatic carbocycles. The molecule has 0 aliphatic heterocycles. The molecule has 112 valence electrons. The highest BCUT2D eigenvalue weighted by Crippen LogP contribution is 2.19. The van der Waals surface area contributed by atoms with Crippen molar-refractivity contribution in [1.29, 1.82) is 0 Å². The average Bonchev–Trinajstić information content (AvgIpc) is 2.47. The number of unbranched alkanes of at least 4 members (excludes halogenated alkanes) is 1. The van der Waals surface area contributed by atoms with E-state index in [-0.39, 0.29) is 18.0 Å². The minimum absolute atomic E-state index is 0.0493. The first-order valence-electron chi connectivity index (χ1n) is 7.26.